The minimum absolute atomic E-state index is 0.0976. The van der Waals surface area contributed by atoms with Crippen molar-refractivity contribution in [1.82, 2.24) is 19.8 Å². The van der Waals surface area contributed by atoms with Crippen LogP contribution in [0.25, 0.3) is 11.0 Å². The number of rotatable bonds is 4. The molecule has 2 amide bonds. The van der Waals surface area contributed by atoms with Crippen LogP contribution >= 0.6 is 0 Å². The number of hydrogen-bond donors (Lipinski definition) is 0. The molecule has 0 spiro atoms. The summed E-state index contributed by atoms with van der Waals surface area (Å²) in [6.45, 7) is 1.00. The molecule has 6 nitrogen and oxygen atoms in total. The third-order valence-corrected chi connectivity index (χ3v) is 5.83. The Balaban J connectivity index is 1.42. The van der Waals surface area contributed by atoms with Crippen LogP contribution in [0.4, 0.5) is 0 Å². The van der Waals surface area contributed by atoms with Crippen molar-refractivity contribution in [2.24, 2.45) is 5.92 Å². The Hall–Kier alpha value is -2.50. The van der Waals surface area contributed by atoms with Crippen LogP contribution in [-0.4, -0.2) is 51.2 Å². The van der Waals surface area contributed by atoms with Gasteiger partial charge in [-0.05, 0) is 31.4 Å². The van der Waals surface area contributed by atoms with Gasteiger partial charge in [0.25, 0.3) is 0 Å². The second-order valence-corrected chi connectivity index (χ2v) is 7.76. The predicted molar refractivity (Wildman–Crippen MR) is 103 cm³/mol. The molecule has 1 saturated carbocycles. The van der Waals surface area contributed by atoms with Crippen molar-refractivity contribution >= 4 is 22.8 Å². The van der Waals surface area contributed by atoms with Crippen molar-refractivity contribution in [2.75, 3.05) is 13.6 Å². The number of hydrogen-bond acceptors (Lipinski definition) is 4. The van der Waals surface area contributed by atoms with Crippen molar-refractivity contribution in [3.05, 3.63) is 36.2 Å². The van der Waals surface area contributed by atoms with Gasteiger partial charge < -0.3 is 9.80 Å². The molecule has 2 fully saturated rings. The molecule has 1 aliphatic carbocycles. The number of fused-ring (bicyclic) bond motifs is 1. The molecule has 4 rings (SSSR count). The second kappa shape index (κ2) is 7.62. The summed E-state index contributed by atoms with van der Waals surface area (Å²) in [7, 11) is 1.82. The smallest absolute Gasteiger partial charge is 0.227 e. The topological polar surface area (TPSA) is 66.4 Å². The van der Waals surface area contributed by atoms with Gasteiger partial charge in [0.15, 0.2) is 0 Å². The van der Waals surface area contributed by atoms with E-state index in [1.807, 2.05) is 36.2 Å². The number of para-hydroxylation sites is 2. The zero-order chi connectivity index (χ0) is 18.8. The fraction of sp³-hybridized carbons (Fsp3) is 0.524. The van der Waals surface area contributed by atoms with Crippen molar-refractivity contribution in [3.63, 3.8) is 0 Å². The van der Waals surface area contributed by atoms with Crippen LogP contribution in [0.2, 0.25) is 0 Å². The van der Waals surface area contributed by atoms with E-state index in [2.05, 4.69) is 9.97 Å². The van der Waals surface area contributed by atoms with E-state index >= 15 is 0 Å². The Bertz CT molecular complexity index is 847. The molecule has 1 unspecified atom stereocenters. The number of benzene rings is 1. The van der Waals surface area contributed by atoms with Crippen LogP contribution in [0.3, 0.4) is 0 Å². The Morgan fingerprint density at radius 3 is 2.70 bits per heavy atom. The molecule has 1 aromatic carbocycles. The lowest BCUT2D eigenvalue weighted by Gasteiger charge is -2.37. The van der Waals surface area contributed by atoms with Crippen LogP contribution in [0, 0.1) is 5.92 Å². The van der Waals surface area contributed by atoms with Crippen LogP contribution in [0.1, 0.15) is 44.2 Å². The van der Waals surface area contributed by atoms with Crippen molar-refractivity contribution in [2.45, 2.75) is 51.1 Å². The molecule has 6 heteroatoms. The maximum Gasteiger partial charge on any atom is 0.227 e. The number of amides is 2. The molecule has 0 bridgehead atoms. The fourth-order valence-corrected chi connectivity index (χ4v) is 4.35. The highest BCUT2D eigenvalue weighted by molar-refractivity contribution is 5.84. The Morgan fingerprint density at radius 1 is 1.19 bits per heavy atom. The Kier molecular flexibility index (Phi) is 5.05. The van der Waals surface area contributed by atoms with Gasteiger partial charge in [0.1, 0.15) is 0 Å². The predicted octanol–water partition coefficient (Wildman–Crippen LogP) is 2.77. The average Bonchev–Trinajstić information content (AvgIpc) is 3.22. The third kappa shape index (κ3) is 3.80. The monoisotopic (exact) mass is 366 g/mol. The number of aromatic nitrogens is 2. The van der Waals surface area contributed by atoms with Crippen LogP contribution < -0.4 is 0 Å². The third-order valence-electron chi connectivity index (χ3n) is 5.83. The molecule has 0 radical (unpaired) electrons. The summed E-state index contributed by atoms with van der Waals surface area (Å²) >= 11 is 0. The largest absolute Gasteiger partial charge is 0.339 e. The summed E-state index contributed by atoms with van der Waals surface area (Å²) < 4.78 is 0. The first-order valence-corrected chi connectivity index (χ1v) is 9.87. The first-order valence-electron chi connectivity index (χ1n) is 9.87. The summed E-state index contributed by atoms with van der Waals surface area (Å²) in [6, 6.07) is 8.07. The van der Waals surface area contributed by atoms with Crippen molar-refractivity contribution < 1.29 is 9.59 Å². The summed E-state index contributed by atoms with van der Waals surface area (Å²) in [4.78, 5) is 38.0. The molecule has 1 aliphatic heterocycles. The molecule has 1 aromatic heterocycles. The van der Waals surface area contributed by atoms with Crippen LogP contribution in [0.15, 0.2) is 30.5 Å². The minimum atomic E-state index is -0.110. The molecule has 27 heavy (non-hydrogen) atoms. The van der Waals surface area contributed by atoms with E-state index in [0.717, 1.165) is 29.6 Å². The Morgan fingerprint density at radius 2 is 1.93 bits per heavy atom. The highest BCUT2D eigenvalue weighted by atomic mass is 16.2. The van der Waals surface area contributed by atoms with Gasteiger partial charge in [-0.15, -0.1) is 0 Å². The van der Waals surface area contributed by atoms with Gasteiger partial charge in [0.05, 0.1) is 35.4 Å². The standard InChI is InChI=1S/C21H26N4O2/c1-24(14-16-12-22-18-8-4-5-9-19(18)23-16)21(27)15-10-11-20(26)25(13-15)17-6-2-3-7-17/h4-5,8-9,12,15,17H,2-3,6-7,10-11,13-14H2,1H3. The summed E-state index contributed by atoms with van der Waals surface area (Å²) in [5, 5.41) is 0. The molecule has 1 atom stereocenters. The molecular formula is C21H26N4O2. The lowest BCUT2D eigenvalue weighted by molar-refractivity contribution is -0.144. The summed E-state index contributed by atoms with van der Waals surface area (Å²) in [6.07, 6.45) is 7.40. The number of likely N-dealkylation sites (tertiary alicyclic amines) is 1. The van der Waals surface area contributed by atoms with Gasteiger partial charge in [-0.3, -0.25) is 14.6 Å². The van der Waals surface area contributed by atoms with Gasteiger partial charge in [-0.2, -0.15) is 0 Å². The lowest BCUT2D eigenvalue weighted by Crippen LogP contribution is -2.49. The second-order valence-electron chi connectivity index (χ2n) is 7.76. The summed E-state index contributed by atoms with van der Waals surface area (Å²) in [5.41, 5.74) is 2.48. The number of carbonyl (C=O) groups is 2. The average molecular weight is 366 g/mol. The highest BCUT2D eigenvalue weighted by Crippen LogP contribution is 2.29. The maximum absolute atomic E-state index is 13.0. The molecule has 142 valence electrons. The van der Waals surface area contributed by atoms with Gasteiger partial charge >= 0.3 is 0 Å². The van der Waals surface area contributed by atoms with Crippen molar-refractivity contribution in [3.8, 4) is 0 Å². The quantitative estimate of drug-likeness (QED) is 0.834. The molecule has 2 aliphatic rings. The summed E-state index contributed by atoms with van der Waals surface area (Å²) in [5.74, 6) is 0.205. The SMILES string of the molecule is CN(Cc1cnc2ccccc2n1)C(=O)C1CCC(=O)N(C2CCCC2)C1. The van der Waals surface area contributed by atoms with E-state index in [1.165, 1.54) is 12.8 Å². The number of nitrogens with zero attached hydrogens (tertiary/aromatic N) is 4. The van der Waals surface area contributed by atoms with E-state index < -0.39 is 0 Å². The van der Waals surface area contributed by atoms with Gasteiger partial charge in [0.2, 0.25) is 11.8 Å². The molecule has 2 heterocycles. The maximum atomic E-state index is 13.0. The normalized spacial score (nSPS) is 21.0. The number of piperidine rings is 1. The first kappa shape index (κ1) is 17.9. The van der Waals surface area contributed by atoms with E-state index in [4.69, 9.17) is 0 Å². The molecule has 0 N–H and O–H groups in total. The Labute approximate surface area is 159 Å². The van der Waals surface area contributed by atoms with E-state index in [9.17, 15) is 9.59 Å². The zero-order valence-electron chi connectivity index (χ0n) is 15.8. The zero-order valence-corrected chi connectivity index (χ0v) is 15.8. The van der Waals surface area contributed by atoms with E-state index in [1.54, 1.807) is 11.1 Å². The molecule has 2 aromatic rings. The van der Waals surface area contributed by atoms with Crippen LogP contribution in [0.5, 0.6) is 0 Å². The fourth-order valence-electron chi connectivity index (χ4n) is 4.35. The van der Waals surface area contributed by atoms with Gasteiger partial charge in [-0.25, -0.2) is 4.98 Å². The molecule has 1 saturated heterocycles. The highest BCUT2D eigenvalue weighted by Gasteiger charge is 2.36. The van der Waals surface area contributed by atoms with Crippen LogP contribution in [-0.2, 0) is 16.1 Å². The van der Waals surface area contributed by atoms with Crippen molar-refractivity contribution in [1.29, 1.82) is 0 Å². The lowest BCUT2D eigenvalue weighted by atomic mass is 9.94. The number of carbonyl (C=O) groups excluding carboxylic acids is 2. The minimum Gasteiger partial charge on any atom is -0.339 e. The van der Waals surface area contributed by atoms with Gasteiger partial charge in [-0.1, -0.05) is 25.0 Å². The van der Waals surface area contributed by atoms with Gasteiger partial charge in [0, 0.05) is 26.1 Å². The van der Waals surface area contributed by atoms with E-state index in [0.29, 0.717) is 32.0 Å². The molecular weight excluding hydrogens is 340 g/mol. The first-order chi connectivity index (χ1) is 13.1. The van der Waals surface area contributed by atoms with E-state index in [-0.39, 0.29) is 17.7 Å².